The van der Waals surface area contributed by atoms with Gasteiger partial charge in [0.2, 0.25) is 5.76 Å². The van der Waals surface area contributed by atoms with Gasteiger partial charge in [0, 0.05) is 31.6 Å². The van der Waals surface area contributed by atoms with E-state index in [2.05, 4.69) is 10.3 Å². The fourth-order valence-corrected chi connectivity index (χ4v) is 2.98. The Morgan fingerprint density at radius 3 is 3.28 bits per heavy atom. The van der Waals surface area contributed by atoms with E-state index >= 15 is 0 Å². The van der Waals surface area contributed by atoms with E-state index in [0.717, 1.165) is 13.0 Å². The number of hydrogen-bond acceptors (Lipinski definition) is 5. The number of amides is 1. The zero-order valence-electron chi connectivity index (χ0n) is 10.2. The van der Waals surface area contributed by atoms with Crippen LogP contribution in [0, 0.1) is 11.8 Å². The Morgan fingerprint density at radius 1 is 1.67 bits per heavy atom. The van der Waals surface area contributed by atoms with Crippen molar-refractivity contribution in [2.75, 3.05) is 20.3 Å². The van der Waals surface area contributed by atoms with Gasteiger partial charge in [-0.1, -0.05) is 0 Å². The summed E-state index contributed by atoms with van der Waals surface area (Å²) in [5.74, 6) is 0.656. The number of nitrogens with zero attached hydrogens (tertiary/aromatic N) is 1. The molecular formula is C12H16N2O4. The molecule has 0 unspecified atom stereocenters. The molecular weight excluding hydrogens is 236 g/mol. The second-order valence-electron chi connectivity index (χ2n) is 4.77. The van der Waals surface area contributed by atoms with Crippen LogP contribution in [0.2, 0.25) is 0 Å². The van der Waals surface area contributed by atoms with Crippen LogP contribution in [0.3, 0.4) is 0 Å². The molecule has 1 aromatic heterocycles. The molecule has 0 spiro atoms. The predicted molar refractivity (Wildman–Crippen MR) is 61.0 cm³/mol. The highest BCUT2D eigenvalue weighted by molar-refractivity contribution is 5.91. The van der Waals surface area contributed by atoms with Crippen LogP contribution in [0.25, 0.3) is 0 Å². The molecule has 98 valence electrons. The predicted octanol–water partition coefficient (Wildman–Crippen LogP) is 0.454. The average molecular weight is 252 g/mol. The lowest BCUT2D eigenvalue weighted by molar-refractivity contribution is -0.0811. The molecule has 0 aromatic carbocycles. The molecule has 2 heterocycles. The van der Waals surface area contributed by atoms with Crippen molar-refractivity contribution in [3.63, 3.8) is 0 Å². The average Bonchev–Trinajstić information content (AvgIpc) is 3.02. The number of carbonyl (C=O) groups is 1. The Balaban J connectivity index is 1.66. The van der Waals surface area contributed by atoms with Crippen molar-refractivity contribution in [2.24, 2.45) is 11.8 Å². The Hall–Kier alpha value is -1.40. The van der Waals surface area contributed by atoms with Crippen LogP contribution in [0.1, 0.15) is 17.0 Å². The standard InChI is InChI=1S/C12H16N2O4/c1-16-5-8-10(7-2-3-17-11(7)8)14-12(15)9-4-13-6-18-9/h4,6-8,10-11H,2-3,5H2,1H3,(H,14,15)/t7-,8+,10+,11-/m0/s1. The Bertz CT molecular complexity index is 420. The smallest absolute Gasteiger partial charge is 0.288 e. The Labute approximate surface area is 105 Å². The van der Waals surface area contributed by atoms with Crippen LogP contribution in [0.5, 0.6) is 0 Å². The number of rotatable bonds is 4. The van der Waals surface area contributed by atoms with Crippen molar-refractivity contribution in [3.05, 3.63) is 18.4 Å². The van der Waals surface area contributed by atoms with E-state index in [4.69, 9.17) is 13.9 Å². The van der Waals surface area contributed by atoms with Gasteiger partial charge in [-0.3, -0.25) is 4.79 Å². The van der Waals surface area contributed by atoms with E-state index in [9.17, 15) is 4.79 Å². The maximum atomic E-state index is 11.9. The molecule has 6 nitrogen and oxygen atoms in total. The summed E-state index contributed by atoms with van der Waals surface area (Å²) in [5.41, 5.74) is 0. The molecule has 4 atom stereocenters. The van der Waals surface area contributed by atoms with E-state index in [1.54, 1.807) is 7.11 Å². The van der Waals surface area contributed by atoms with Crippen LogP contribution in [-0.4, -0.2) is 43.4 Å². The number of hydrogen-bond donors (Lipinski definition) is 1. The zero-order chi connectivity index (χ0) is 12.5. The van der Waals surface area contributed by atoms with Gasteiger partial charge in [-0.05, 0) is 6.42 Å². The molecule has 1 N–H and O–H groups in total. The van der Waals surface area contributed by atoms with Gasteiger partial charge in [0.15, 0.2) is 6.39 Å². The van der Waals surface area contributed by atoms with E-state index in [1.165, 1.54) is 12.6 Å². The summed E-state index contributed by atoms with van der Waals surface area (Å²) in [7, 11) is 1.66. The lowest BCUT2D eigenvalue weighted by Gasteiger charge is -2.47. The molecule has 1 aliphatic carbocycles. The van der Waals surface area contributed by atoms with Gasteiger partial charge in [0.1, 0.15) is 0 Å². The van der Waals surface area contributed by atoms with Crippen LogP contribution < -0.4 is 5.32 Å². The minimum Gasteiger partial charge on any atom is -0.438 e. The third kappa shape index (κ3) is 1.81. The number of methoxy groups -OCH3 is 1. The molecule has 1 saturated heterocycles. The summed E-state index contributed by atoms with van der Waals surface area (Å²) in [5, 5.41) is 2.99. The monoisotopic (exact) mass is 252 g/mol. The fraction of sp³-hybridized carbons (Fsp3) is 0.667. The van der Waals surface area contributed by atoms with E-state index < -0.39 is 0 Å². The number of carbonyl (C=O) groups excluding carboxylic acids is 1. The maximum Gasteiger partial charge on any atom is 0.288 e. The molecule has 1 aliphatic heterocycles. The van der Waals surface area contributed by atoms with Crippen LogP contribution in [0.4, 0.5) is 0 Å². The van der Waals surface area contributed by atoms with Crippen molar-refractivity contribution in [1.29, 1.82) is 0 Å². The summed E-state index contributed by atoms with van der Waals surface area (Å²) < 4.78 is 15.8. The first kappa shape index (κ1) is 11.7. The molecule has 1 saturated carbocycles. The Kier molecular flexibility index (Phi) is 3.05. The lowest BCUT2D eigenvalue weighted by atomic mass is 9.67. The molecule has 6 heteroatoms. The van der Waals surface area contributed by atoms with E-state index in [-0.39, 0.29) is 29.7 Å². The maximum absolute atomic E-state index is 11.9. The second-order valence-corrected chi connectivity index (χ2v) is 4.77. The molecule has 0 bridgehead atoms. The summed E-state index contributed by atoms with van der Waals surface area (Å²) in [4.78, 5) is 15.7. The van der Waals surface area contributed by atoms with Gasteiger partial charge in [0.05, 0.1) is 18.9 Å². The molecule has 1 amide bonds. The SMILES string of the molecule is COC[C@@H]1[C@H](NC(=O)c2cnco2)[C@@H]2CCO[C@H]12. The lowest BCUT2D eigenvalue weighted by Crippen LogP contribution is -2.62. The highest BCUT2D eigenvalue weighted by atomic mass is 16.5. The fourth-order valence-electron chi connectivity index (χ4n) is 2.98. The first-order valence-corrected chi connectivity index (χ1v) is 6.11. The van der Waals surface area contributed by atoms with Crippen molar-refractivity contribution in [3.8, 4) is 0 Å². The number of oxazole rings is 1. The van der Waals surface area contributed by atoms with Crippen molar-refractivity contribution in [2.45, 2.75) is 18.6 Å². The van der Waals surface area contributed by atoms with Crippen molar-refractivity contribution >= 4 is 5.91 Å². The van der Waals surface area contributed by atoms with Crippen molar-refractivity contribution < 1.29 is 18.7 Å². The molecule has 2 fully saturated rings. The van der Waals surface area contributed by atoms with Crippen molar-refractivity contribution in [1.82, 2.24) is 10.3 Å². The number of nitrogens with one attached hydrogen (secondary N) is 1. The minimum absolute atomic E-state index is 0.107. The molecule has 18 heavy (non-hydrogen) atoms. The largest absolute Gasteiger partial charge is 0.438 e. The minimum atomic E-state index is -0.219. The third-order valence-electron chi connectivity index (χ3n) is 3.84. The van der Waals surface area contributed by atoms with Gasteiger partial charge in [-0.25, -0.2) is 4.98 Å². The second kappa shape index (κ2) is 4.70. The Morgan fingerprint density at radius 2 is 2.56 bits per heavy atom. The quantitative estimate of drug-likeness (QED) is 0.842. The van der Waals surface area contributed by atoms with Gasteiger partial charge < -0.3 is 19.2 Å². The zero-order valence-corrected chi connectivity index (χ0v) is 10.2. The highest BCUT2D eigenvalue weighted by Gasteiger charge is 2.54. The first-order valence-electron chi connectivity index (χ1n) is 6.11. The summed E-state index contributed by atoms with van der Waals surface area (Å²) in [6.45, 7) is 1.37. The van der Waals surface area contributed by atoms with E-state index in [0.29, 0.717) is 12.5 Å². The van der Waals surface area contributed by atoms with Gasteiger partial charge in [-0.2, -0.15) is 0 Å². The topological polar surface area (TPSA) is 73.6 Å². The first-order chi connectivity index (χ1) is 8.81. The van der Waals surface area contributed by atoms with Crippen LogP contribution >= 0.6 is 0 Å². The normalized spacial score (nSPS) is 33.8. The number of ether oxygens (including phenoxy) is 2. The van der Waals surface area contributed by atoms with E-state index in [1.807, 2.05) is 0 Å². The summed E-state index contributed by atoms with van der Waals surface area (Å²) in [6, 6.07) is 0.107. The molecule has 3 rings (SSSR count). The molecule has 0 radical (unpaired) electrons. The highest BCUT2D eigenvalue weighted by Crippen LogP contribution is 2.43. The number of aromatic nitrogens is 1. The van der Waals surface area contributed by atoms with Gasteiger partial charge in [-0.15, -0.1) is 0 Å². The number of fused-ring (bicyclic) bond motifs is 1. The summed E-state index contributed by atoms with van der Waals surface area (Å²) >= 11 is 0. The summed E-state index contributed by atoms with van der Waals surface area (Å²) in [6.07, 6.45) is 3.89. The van der Waals surface area contributed by atoms with Gasteiger partial charge >= 0.3 is 0 Å². The van der Waals surface area contributed by atoms with Crippen LogP contribution in [0.15, 0.2) is 17.0 Å². The van der Waals surface area contributed by atoms with Gasteiger partial charge in [0.25, 0.3) is 5.91 Å². The molecule has 1 aromatic rings. The van der Waals surface area contributed by atoms with Crippen LogP contribution in [-0.2, 0) is 9.47 Å². The molecule has 2 aliphatic rings. The third-order valence-corrected chi connectivity index (χ3v) is 3.84.